The summed E-state index contributed by atoms with van der Waals surface area (Å²) in [4.78, 5) is 23.8. The number of hydrogen-bond acceptors (Lipinski definition) is 2. The summed E-state index contributed by atoms with van der Waals surface area (Å²) in [6, 6.07) is 0. The SMILES string of the molecule is O=C=NC(=O)C1CCCCC1. The summed E-state index contributed by atoms with van der Waals surface area (Å²) in [7, 11) is 0. The third-order valence-electron chi connectivity index (χ3n) is 2.11. The molecular weight excluding hydrogens is 142 g/mol. The van der Waals surface area contributed by atoms with E-state index in [1.54, 1.807) is 0 Å². The van der Waals surface area contributed by atoms with Gasteiger partial charge in [0.1, 0.15) is 0 Å². The summed E-state index contributed by atoms with van der Waals surface area (Å²) in [6.45, 7) is 0. The lowest BCUT2D eigenvalue weighted by atomic mass is 9.89. The number of nitrogens with zero attached hydrogens (tertiary/aromatic N) is 1. The van der Waals surface area contributed by atoms with E-state index in [0.717, 1.165) is 25.7 Å². The second kappa shape index (κ2) is 4.04. The summed E-state index contributed by atoms with van der Waals surface area (Å²) in [5.74, 6) is -0.273. The van der Waals surface area contributed by atoms with Crippen LogP contribution in [-0.4, -0.2) is 12.0 Å². The number of hydrogen-bond donors (Lipinski definition) is 0. The molecule has 60 valence electrons. The first-order valence-electron chi connectivity index (χ1n) is 3.96. The molecule has 1 aliphatic carbocycles. The van der Waals surface area contributed by atoms with Gasteiger partial charge < -0.3 is 0 Å². The lowest BCUT2D eigenvalue weighted by Gasteiger charge is -2.16. The molecule has 0 aromatic carbocycles. The average Bonchev–Trinajstić information content (AvgIpc) is 2.07. The molecule has 0 saturated heterocycles. The van der Waals surface area contributed by atoms with Crippen LogP contribution in [0.1, 0.15) is 32.1 Å². The van der Waals surface area contributed by atoms with Crippen molar-refractivity contribution in [3.63, 3.8) is 0 Å². The Bertz CT molecular complexity index is 188. The maximum atomic E-state index is 11.0. The van der Waals surface area contributed by atoms with E-state index in [1.165, 1.54) is 12.5 Å². The summed E-state index contributed by atoms with van der Waals surface area (Å²) in [6.07, 6.45) is 6.46. The molecule has 3 nitrogen and oxygen atoms in total. The van der Waals surface area contributed by atoms with Gasteiger partial charge in [0.25, 0.3) is 5.91 Å². The maximum absolute atomic E-state index is 11.0. The number of carbonyl (C=O) groups is 1. The number of amides is 1. The highest BCUT2D eigenvalue weighted by molar-refractivity contribution is 5.83. The first kappa shape index (κ1) is 8.15. The van der Waals surface area contributed by atoms with E-state index in [-0.39, 0.29) is 11.8 Å². The Morgan fingerprint density at radius 2 is 1.91 bits per heavy atom. The molecule has 1 saturated carbocycles. The molecule has 1 fully saturated rings. The number of isocyanates is 1. The van der Waals surface area contributed by atoms with E-state index in [0.29, 0.717) is 0 Å². The van der Waals surface area contributed by atoms with E-state index in [2.05, 4.69) is 4.99 Å². The fourth-order valence-corrected chi connectivity index (χ4v) is 1.49. The Morgan fingerprint density at radius 3 is 2.45 bits per heavy atom. The van der Waals surface area contributed by atoms with Gasteiger partial charge in [0, 0.05) is 5.92 Å². The molecule has 0 aromatic heterocycles. The Balaban J connectivity index is 2.44. The minimum Gasteiger partial charge on any atom is -0.271 e. The first-order valence-corrected chi connectivity index (χ1v) is 3.96. The maximum Gasteiger partial charge on any atom is 0.259 e. The van der Waals surface area contributed by atoms with Crippen LogP contribution >= 0.6 is 0 Å². The van der Waals surface area contributed by atoms with E-state index in [4.69, 9.17) is 0 Å². The van der Waals surface area contributed by atoms with Crippen molar-refractivity contribution in [1.29, 1.82) is 0 Å². The van der Waals surface area contributed by atoms with E-state index < -0.39 is 0 Å². The second-order valence-electron chi connectivity index (χ2n) is 2.88. The fraction of sp³-hybridized carbons (Fsp3) is 0.750. The zero-order valence-corrected chi connectivity index (χ0v) is 6.38. The van der Waals surface area contributed by atoms with Crippen molar-refractivity contribution in [2.24, 2.45) is 10.9 Å². The summed E-state index contributed by atoms with van der Waals surface area (Å²) in [5, 5.41) is 0. The van der Waals surface area contributed by atoms with Crippen molar-refractivity contribution in [3.05, 3.63) is 0 Å². The molecule has 0 aliphatic heterocycles. The Morgan fingerprint density at radius 1 is 1.27 bits per heavy atom. The van der Waals surface area contributed by atoms with Crippen LogP contribution in [0.3, 0.4) is 0 Å². The highest BCUT2D eigenvalue weighted by Crippen LogP contribution is 2.24. The molecule has 3 heteroatoms. The molecule has 0 heterocycles. The predicted octanol–water partition coefficient (Wildman–Crippen LogP) is 1.43. The Kier molecular flexibility index (Phi) is 2.99. The van der Waals surface area contributed by atoms with Gasteiger partial charge in [-0.05, 0) is 12.8 Å². The fourth-order valence-electron chi connectivity index (χ4n) is 1.49. The van der Waals surface area contributed by atoms with Crippen LogP contribution in [0.5, 0.6) is 0 Å². The zero-order valence-electron chi connectivity index (χ0n) is 6.38. The van der Waals surface area contributed by atoms with Crippen LogP contribution in [0, 0.1) is 5.92 Å². The average molecular weight is 153 g/mol. The molecule has 1 rings (SSSR count). The predicted molar refractivity (Wildman–Crippen MR) is 39.7 cm³/mol. The third kappa shape index (κ3) is 2.28. The smallest absolute Gasteiger partial charge is 0.259 e. The molecule has 0 N–H and O–H groups in total. The minimum atomic E-state index is -0.278. The van der Waals surface area contributed by atoms with Crippen molar-refractivity contribution in [2.75, 3.05) is 0 Å². The van der Waals surface area contributed by atoms with E-state index in [9.17, 15) is 9.59 Å². The van der Waals surface area contributed by atoms with Crippen LogP contribution in [0.2, 0.25) is 0 Å². The van der Waals surface area contributed by atoms with Crippen molar-refractivity contribution in [3.8, 4) is 0 Å². The molecule has 1 aliphatic rings. The zero-order chi connectivity index (χ0) is 8.10. The van der Waals surface area contributed by atoms with E-state index in [1.807, 2.05) is 0 Å². The van der Waals surface area contributed by atoms with Crippen LogP contribution in [0.25, 0.3) is 0 Å². The van der Waals surface area contributed by atoms with Gasteiger partial charge in [0.05, 0.1) is 0 Å². The molecule has 0 radical (unpaired) electrons. The van der Waals surface area contributed by atoms with E-state index >= 15 is 0 Å². The Labute approximate surface area is 65.5 Å². The van der Waals surface area contributed by atoms with Crippen molar-refractivity contribution in [1.82, 2.24) is 0 Å². The number of rotatable bonds is 1. The van der Waals surface area contributed by atoms with Crippen LogP contribution < -0.4 is 0 Å². The molecule has 0 atom stereocenters. The molecule has 1 amide bonds. The normalized spacial score (nSPS) is 18.9. The van der Waals surface area contributed by atoms with Gasteiger partial charge in [-0.3, -0.25) is 4.79 Å². The van der Waals surface area contributed by atoms with Gasteiger partial charge in [-0.1, -0.05) is 19.3 Å². The summed E-state index contributed by atoms with van der Waals surface area (Å²) >= 11 is 0. The quantitative estimate of drug-likeness (QED) is 0.422. The lowest BCUT2D eigenvalue weighted by molar-refractivity contribution is -0.122. The standard InChI is InChI=1S/C8H11NO2/c10-6-9-8(11)7-4-2-1-3-5-7/h7H,1-5H2. The summed E-state index contributed by atoms with van der Waals surface area (Å²) < 4.78 is 0. The van der Waals surface area contributed by atoms with Crippen LogP contribution in [0.4, 0.5) is 0 Å². The highest BCUT2D eigenvalue weighted by Gasteiger charge is 2.20. The van der Waals surface area contributed by atoms with Crippen LogP contribution in [-0.2, 0) is 9.59 Å². The molecular formula is C8H11NO2. The molecule has 0 bridgehead atoms. The second-order valence-corrected chi connectivity index (χ2v) is 2.88. The van der Waals surface area contributed by atoms with Gasteiger partial charge in [0.2, 0.25) is 6.08 Å². The molecule has 0 spiro atoms. The molecule has 0 unspecified atom stereocenters. The monoisotopic (exact) mass is 153 g/mol. The highest BCUT2D eigenvalue weighted by atomic mass is 16.2. The van der Waals surface area contributed by atoms with Crippen molar-refractivity contribution in [2.45, 2.75) is 32.1 Å². The number of aliphatic imine (C=N–C) groups is 1. The minimum absolute atomic E-state index is 0.00481. The van der Waals surface area contributed by atoms with Crippen LogP contribution in [0.15, 0.2) is 4.99 Å². The summed E-state index contributed by atoms with van der Waals surface area (Å²) in [5.41, 5.74) is 0. The largest absolute Gasteiger partial charge is 0.271 e. The van der Waals surface area contributed by atoms with Crippen molar-refractivity contribution < 1.29 is 9.59 Å². The van der Waals surface area contributed by atoms with Gasteiger partial charge in [-0.15, -0.1) is 4.99 Å². The number of carbonyl (C=O) groups excluding carboxylic acids is 2. The molecule has 0 aromatic rings. The molecule has 11 heavy (non-hydrogen) atoms. The Hall–Kier alpha value is -0.950. The van der Waals surface area contributed by atoms with Gasteiger partial charge in [0.15, 0.2) is 0 Å². The third-order valence-corrected chi connectivity index (χ3v) is 2.11. The van der Waals surface area contributed by atoms with Gasteiger partial charge in [-0.2, -0.15) is 0 Å². The van der Waals surface area contributed by atoms with Gasteiger partial charge >= 0.3 is 0 Å². The van der Waals surface area contributed by atoms with Crippen molar-refractivity contribution >= 4 is 12.0 Å². The topological polar surface area (TPSA) is 46.5 Å². The van der Waals surface area contributed by atoms with Gasteiger partial charge in [-0.25, -0.2) is 4.79 Å². The lowest BCUT2D eigenvalue weighted by Crippen LogP contribution is -2.15. The first-order chi connectivity index (χ1) is 5.34.